The second-order valence-electron chi connectivity index (χ2n) is 6.09. The van der Waals surface area contributed by atoms with Gasteiger partial charge in [0.2, 0.25) is 0 Å². The Morgan fingerprint density at radius 3 is 2.63 bits per heavy atom. The largest absolute Gasteiger partial charge is 0.462 e. The van der Waals surface area contributed by atoms with Crippen molar-refractivity contribution < 1.29 is 19.1 Å². The van der Waals surface area contributed by atoms with Gasteiger partial charge in [0.25, 0.3) is 0 Å². The van der Waals surface area contributed by atoms with Gasteiger partial charge in [-0.1, -0.05) is 20.8 Å². The fraction of sp³-hybridized carbons (Fsp3) is 0.733. The Morgan fingerprint density at radius 1 is 1.47 bits per heavy atom. The van der Waals surface area contributed by atoms with Crippen LogP contribution in [0.1, 0.15) is 41.0 Å². The predicted octanol–water partition coefficient (Wildman–Crippen LogP) is 2.68. The van der Waals surface area contributed by atoms with Crippen molar-refractivity contribution in [2.75, 3.05) is 0 Å². The summed E-state index contributed by atoms with van der Waals surface area (Å²) in [6.07, 6.45) is 2.52. The Morgan fingerprint density at radius 2 is 2.11 bits per heavy atom. The minimum absolute atomic E-state index is 0.0948. The Labute approximate surface area is 114 Å². The molecule has 0 aromatic heterocycles. The van der Waals surface area contributed by atoms with Crippen molar-refractivity contribution in [3.8, 4) is 0 Å². The summed E-state index contributed by atoms with van der Waals surface area (Å²) in [5, 5.41) is 0. The highest BCUT2D eigenvalue weighted by Crippen LogP contribution is 2.55. The lowest BCUT2D eigenvalue weighted by Crippen LogP contribution is -2.44. The first-order valence-electron chi connectivity index (χ1n) is 6.89. The van der Waals surface area contributed by atoms with Gasteiger partial charge in [-0.25, -0.2) is 0 Å². The van der Waals surface area contributed by atoms with Crippen LogP contribution in [0, 0.1) is 23.2 Å². The zero-order chi connectivity index (χ0) is 14.4. The predicted molar refractivity (Wildman–Crippen MR) is 69.9 cm³/mol. The van der Waals surface area contributed by atoms with Crippen LogP contribution in [-0.2, 0) is 19.1 Å². The molecular weight excluding hydrogens is 244 g/mol. The number of esters is 2. The van der Waals surface area contributed by atoms with Gasteiger partial charge in [-0.3, -0.25) is 9.59 Å². The van der Waals surface area contributed by atoms with E-state index in [9.17, 15) is 9.59 Å². The molecular formula is C15H22O4. The molecule has 0 radical (unpaired) electrons. The van der Waals surface area contributed by atoms with E-state index >= 15 is 0 Å². The number of hydrogen-bond donors (Lipinski definition) is 0. The molecule has 1 aliphatic carbocycles. The first-order chi connectivity index (χ1) is 8.79. The van der Waals surface area contributed by atoms with Crippen molar-refractivity contribution in [1.29, 1.82) is 0 Å². The van der Waals surface area contributed by atoms with Gasteiger partial charge in [-0.05, 0) is 25.3 Å². The van der Waals surface area contributed by atoms with Crippen LogP contribution in [0.2, 0.25) is 0 Å². The van der Waals surface area contributed by atoms with E-state index in [2.05, 4.69) is 13.8 Å². The quantitative estimate of drug-likeness (QED) is 0.721. The van der Waals surface area contributed by atoms with Gasteiger partial charge >= 0.3 is 11.9 Å². The van der Waals surface area contributed by atoms with E-state index in [0.717, 1.165) is 6.42 Å². The van der Waals surface area contributed by atoms with Crippen LogP contribution in [0.3, 0.4) is 0 Å². The molecule has 0 aromatic carbocycles. The first kappa shape index (κ1) is 14.1. The van der Waals surface area contributed by atoms with E-state index in [4.69, 9.17) is 9.47 Å². The molecule has 1 fully saturated rings. The highest BCUT2D eigenvalue weighted by atomic mass is 16.6. The number of rotatable bonds is 2. The molecule has 0 spiro atoms. The molecule has 4 unspecified atom stereocenters. The lowest BCUT2D eigenvalue weighted by Gasteiger charge is -2.43. The maximum atomic E-state index is 12.1. The van der Waals surface area contributed by atoms with Crippen LogP contribution in [0.5, 0.6) is 0 Å². The molecule has 4 heteroatoms. The van der Waals surface area contributed by atoms with Crippen molar-refractivity contribution in [2.45, 2.75) is 47.1 Å². The third-order valence-corrected chi connectivity index (χ3v) is 4.70. The maximum absolute atomic E-state index is 12.1. The molecule has 0 N–H and O–H groups in total. The molecule has 1 heterocycles. The molecule has 4 nitrogen and oxygen atoms in total. The van der Waals surface area contributed by atoms with Gasteiger partial charge in [-0.15, -0.1) is 0 Å². The molecule has 0 aromatic rings. The molecule has 19 heavy (non-hydrogen) atoms. The summed E-state index contributed by atoms with van der Waals surface area (Å²) in [6, 6.07) is 0. The van der Waals surface area contributed by atoms with Gasteiger partial charge in [-0.2, -0.15) is 0 Å². The Bertz CT molecular complexity index is 437. The number of cyclic esters (lactones) is 1. The van der Waals surface area contributed by atoms with Crippen LogP contribution in [0.15, 0.2) is 11.8 Å². The van der Waals surface area contributed by atoms with Crippen molar-refractivity contribution >= 4 is 11.9 Å². The van der Waals surface area contributed by atoms with Crippen molar-refractivity contribution in [1.82, 2.24) is 0 Å². The minimum atomic E-state index is -0.338. The lowest BCUT2D eigenvalue weighted by molar-refractivity contribution is -0.143. The van der Waals surface area contributed by atoms with E-state index in [1.54, 1.807) is 6.08 Å². The third kappa shape index (κ3) is 2.07. The normalized spacial score (nSPS) is 37.7. The SMILES string of the molecule is CC(=O)OC1=CC2C(=O)OC(C)C2(C(C)C)CC1C. The summed E-state index contributed by atoms with van der Waals surface area (Å²) in [7, 11) is 0. The summed E-state index contributed by atoms with van der Waals surface area (Å²) in [4.78, 5) is 23.2. The summed E-state index contributed by atoms with van der Waals surface area (Å²) < 4.78 is 10.7. The number of carbonyl (C=O) groups excluding carboxylic acids is 2. The zero-order valence-corrected chi connectivity index (χ0v) is 12.2. The van der Waals surface area contributed by atoms with E-state index < -0.39 is 0 Å². The lowest BCUT2D eigenvalue weighted by atomic mass is 9.59. The van der Waals surface area contributed by atoms with Crippen molar-refractivity contribution in [3.63, 3.8) is 0 Å². The van der Waals surface area contributed by atoms with Gasteiger partial charge in [0.1, 0.15) is 11.9 Å². The number of hydrogen-bond acceptors (Lipinski definition) is 4. The number of ether oxygens (including phenoxy) is 2. The minimum Gasteiger partial charge on any atom is -0.462 e. The summed E-state index contributed by atoms with van der Waals surface area (Å²) >= 11 is 0. The molecule has 0 amide bonds. The average molecular weight is 266 g/mol. The summed E-state index contributed by atoms with van der Waals surface area (Å²) in [6.45, 7) is 9.64. The summed E-state index contributed by atoms with van der Waals surface area (Å²) in [5.41, 5.74) is -0.180. The molecule has 106 valence electrons. The van der Waals surface area contributed by atoms with Crippen LogP contribution in [0.4, 0.5) is 0 Å². The van der Waals surface area contributed by atoms with Crippen LogP contribution in [-0.4, -0.2) is 18.0 Å². The van der Waals surface area contributed by atoms with E-state index in [1.807, 2.05) is 13.8 Å². The van der Waals surface area contributed by atoms with Gasteiger partial charge in [0.15, 0.2) is 0 Å². The zero-order valence-electron chi connectivity index (χ0n) is 12.2. The first-order valence-corrected chi connectivity index (χ1v) is 6.89. The van der Waals surface area contributed by atoms with Crippen molar-refractivity contribution in [2.24, 2.45) is 23.2 Å². The molecule has 2 aliphatic rings. The monoisotopic (exact) mass is 266 g/mol. The fourth-order valence-corrected chi connectivity index (χ4v) is 3.67. The smallest absolute Gasteiger partial charge is 0.313 e. The molecule has 0 saturated carbocycles. The number of fused-ring (bicyclic) bond motifs is 1. The third-order valence-electron chi connectivity index (χ3n) is 4.70. The highest BCUT2D eigenvalue weighted by molar-refractivity contribution is 5.79. The van der Waals surface area contributed by atoms with Crippen LogP contribution >= 0.6 is 0 Å². The standard InChI is InChI=1S/C15H22O4/c1-8(2)15-7-9(3)13(19-11(5)16)6-12(15)14(17)18-10(15)4/h6,8-10,12H,7H2,1-5H3. The average Bonchev–Trinajstić information content (AvgIpc) is 2.52. The van der Waals surface area contributed by atoms with Gasteiger partial charge in [0.05, 0.1) is 5.92 Å². The molecule has 2 rings (SSSR count). The Balaban J connectivity index is 2.42. The van der Waals surface area contributed by atoms with Gasteiger partial charge < -0.3 is 9.47 Å². The van der Waals surface area contributed by atoms with E-state index in [0.29, 0.717) is 11.7 Å². The maximum Gasteiger partial charge on any atom is 0.313 e. The summed E-state index contributed by atoms with van der Waals surface area (Å²) in [5.74, 6) is 0.233. The molecule has 1 aliphatic heterocycles. The Kier molecular flexibility index (Phi) is 3.45. The fourth-order valence-electron chi connectivity index (χ4n) is 3.67. The second kappa shape index (κ2) is 4.66. The molecule has 1 saturated heterocycles. The van der Waals surface area contributed by atoms with Crippen LogP contribution < -0.4 is 0 Å². The highest BCUT2D eigenvalue weighted by Gasteiger charge is 2.58. The number of carbonyl (C=O) groups is 2. The van der Waals surface area contributed by atoms with E-state index in [-0.39, 0.29) is 35.3 Å². The molecule has 4 atom stereocenters. The Hall–Kier alpha value is -1.32. The van der Waals surface area contributed by atoms with Crippen LogP contribution in [0.25, 0.3) is 0 Å². The molecule has 0 bridgehead atoms. The van der Waals surface area contributed by atoms with Gasteiger partial charge in [0, 0.05) is 18.3 Å². The van der Waals surface area contributed by atoms with Crippen molar-refractivity contribution in [3.05, 3.63) is 11.8 Å². The van der Waals surface area contributed by atoms with E-state index in [1.165, 1.54) is 6.92 Å². The topological polar surface area (TPSA) is 52.6 Å². The second-order valence-corrected chi connectivity index (χ2v) is 6.09. The number of allylic oxidation sites excluding steroid dienone is 1.